The highest BCUT2D eigenvalue weighted by Crippen LogP contribution is 2.29. The van der Waals surface area contributed by atoms with Gasteiger partial charge >= 0.3 is 0 Å². The first kappa shape index (κ1) is 29.9. The minimum Gasteiger partial charge on any atom is -0.488 e. The van der Waals surface area contributed by atoms with Gasteiger partial charge in [-0.15, -0.1) is 24.8 Å². The Bertz CT molecular complexity index is 949. The molecule has 0 amide bonds. The molecule has 0 saturated carbocycles. The number of nitrogens with one attached hydrogen (secondary N) is 1. The second kappa shape index (κ2) is 14.3. The van der Waals surface area contributed by atoms with E-state index in [4.69, 9.17) is 4.74 Å². The Hall–Kier alpha value is -1.12. The molecule has 2 aromatic rings. The first-order valence-electron chi connectivity index (χ1n) is 11.6. The molecule has 1 fully saturated rings. The van der Waals surface area contributed by atoms with Crippen LogP contribution in [0.3, 0.4) is 0 Å². The molecule has 0 atom stereocenters. The highest BCUT2D eigenvalue weighted by atomic mass is 35.5. The smallest absolute Gasteiger partial charge is 0.213 e. The number of pyridine rings is 1. The molecule has 0 bridgehead atoms. The van der Waals surface area contributed by atoms with Crippen molar-refractivity contribution in [3.8, 4) is 5.75 Å². The third-order valence-corrected chi connectivity index (χ3v) is 7.80. The number of unbranched alkanes of at least 4 members (excludes halogenated alkanes) is 1. The molecule has 188 valence electrons. The van der Waals surface area contributed by atoms with Gasteiger partial charge < -0.3 is 9.64 Å². The first-order valence-corrected chi connectivity index (χ1v) is 13.2. The predicted octanol–water partition coefficient (Wildman–Crippen LogP) is 4.98. The van der Waals surface area contributed by atoms with Crippen LogP contribution in [0.25, 0.3) is 10.9 Å². The van der Waals surface area contributed by atoms with Gasteiger partial charge in [0, 0.05) is 31.2 Å². The molecule has 1 aliphatic heterocycles. The van der Waals surface area contributed by atoms with Crippen molar-refractivity contribution in [3.63, 3.8) is 0 Å². The van der Waals surface area contributed by atoms with Crippen LogP contribution in [0.15, 0.2) is 30.5 Å². The lowest BCUT2D eigenvalue weighted by Gasteiger charge is -2.32. The quantitative estimate of drug-likeness (QED) is 0.423. The average molecular weight is 521 g/mol. The molecular formula is C24H39Cl2N3O3S. The molecule has 1 aromatic heterocycles. The number of rotatable bonds is 11. The highest BCUT2D eigenvalue weighted by molar-refractivity contribution is 7.90. The number of piperidine rings is 1. The van der Waals surface area contributed by atoms with Gasteiger partial charge in [0.2, 0.25) is 10.0 Å². The summed E-state index contributed by atoms with van der Waals surface area (Å²) in [5, 5.41) is 0.763. The van der Waals surface area contributed by atoms with Crippen LogP contribution >= 0.6 is 24.8 Å². The lowest BCUT2D eigenvalue weighted by molar-refractivity contribution is 0.101. The molecule has 0 spiro atoms. The standard InChI is InChI=1S/C24H37N3O3S.2ClH/c1-4-5-8-20-17-21-9-6-12-25-24(21)23(18-20)30-22-10-15-27(16-11-22)14-7-13-26-31(28,29)19(2)3;;/h6,9,12,17-19,22,26H,4-5,7-8,10-11,13-16H2,1-3H3;2*1H. The summed E-state index contributed by atoms with van der Waals surface area (Å²) >= 11 is 0. The number of nitrogens with zero attached hydrogens (tertiary/aromatic N) is 2. The van der Waals surface area contributed by atoms with Crippen LogP contribution < -0.4 is 9.46 Å². The minimum atomic E-state index is -3.17. The molecule has 33 heavy (non-hydrogen) atoms. The molecule has 1 saturated heterocycles. The molecule has 1 N–H and O–H groups in total. The zero-order valence-electron chi connectivity index (χ0n) is 20.0. The van der Waals surface area contributed by atoms with Crippen LogP contribution in [0.1, 0.15) is 58.4 Å². The summed E-state index contributed by atoms with van der Waals surface area (Å²) in [5.41, 5.74) is 2.27. The zero-order chi connectivity index (χ0) is 22.3. The van der Waals surface area contributed by atoms with Crippen molar-refractivity contribution in [2.75, 3.05) is 26.2 Å². The van der Waals surface area contributed by atoms with Crippen LogP contribution in [0.5, 0.6) is 5.75 Å². The second-order valence-corrected chi connectivity index (χ2v) is 11.1. The fourth-order valence-electron chi connectivity index (χ4n) is 3.95. The number of benzene rings is 1. The van der Waals surface area contributed by atoms with Gasteiger partial charge in [-0.25, -0.2) is 13.1 Å². The number of halogens is 2. The molecule has 3 rings (SSSR count). The van der Waals surface area contributed by atoms with Crippen molar-refractivity contribution in [2.45, 2.75) is 70.7 Å². The van der Waals surface area contributed by atoms with E-state index in [0.717, 1.165) is 62.0 Å². The highest BCUT2D eigenvalue weighted by Gasteiger charge is 2.22. The normalized spacial score (nSPS) is 15.3. The Morgan fingerprint density at radius 2 is 1.91 bits per heavy atom. The van der Waals surface area contributed by atoms with Crippen LogP contribution in [0.2, 0.25) is 0 Å². The van der Waals surface area contributed by atoms with Gasteiger partial charge in [-0.2, -0.15) is 0 Å². The Morgan fingerprint density at radius 1 is 1.18 bits per heavy atom. The maximum absolute atomic E-state index is 11.8. The summed E-state index contributed by atoms with van der Waals surface area (Å²) in [6.45, 7) is 8.97. The van der Waals surface area contributed by atoms with Crippen molar-refractivity contribution < 1.29 is 13.2 Å². The molecular weight excluding hydrogens is 481 g/mol. The molecule has 0 aliphatic carbocycles. The number of hydrogen-bond donors (Lipinski definition) is 1. The van der Waals surface area contributed by atoms with Gasteiger partial charge in [0.25, 0.3) is 0 Å². The number of ether oxygens (including phenoxy) is 1. The Kier molecular flexibility index (Phi) is 13.0. The summed E-state index contributed by atoms with van der Waals surface area (Å²) in [7, 11) is -3.17. The number of sulfonamides is 1. The van der Waals surface area contributed by atoms with E-state index in [1.54, 1.807) is 13.8 Å². The maximum Gasteiger partial charge on any atom is 0.213 e. The van der Waals surface area contributed by atoms with E-state index in [1.165, 1.54) is 18.4 Å². The fraction of sp³-hybridized carbons (Fsp3) is 0.625. The van der Waals surface area contributed by atoms with Crippen molar-refractivity contribution in [1.29, 1.82) is 0 Å². The van der Waals surface area contributed by atoms with Crippen molar-refractivity contribution in [2.24, 2.45) is 0 Å². The van der Waals surface area contributed by atoms with E-state index in [9.17, 15) is 8.42 Å². The molecule has 0 unspecified atom stereocenters. The Labute approximate surface area is 211 Å². The maximum atomic E-state index is 11.8. The van der Waals surface area contributed by atoms with Crippen molar-refractivity contribution in [3.05, 3.63) is 36.0 Å². The summed E-state index contributed by atoms with van der Waals surface area (Å²) in [6, 6.07) is 8.51. The van der Waals surface area contributed by atoms with Crippen LogP contribution in [-0.4, -0.2) is 55.8 Å². The van der Waals surface area contributed by atoms with Gasteiger partial charge in [-0.1, -0.05) is 19.4 Å². The number of aryl methyl sites for hydroxylation is 1. The monoisotopic (exact) mass is 519 g/mol. The molecule has 1 aliphatic rings. The van der Waals surface area contributed by atoms with Crippen LogP contribution in [0, 0.1) is 0 Å². The lowest BCUT2D eigenvalue weighted by Crippen LogP contribution is -2.40. The SMILES string of the molecule is CCCCc1cc(OC2CCN(CCCNS(=O)(=O)C(C)C)CC2)c2ncccc2c1.Cl.Cl. The first-order chi connectivity index (χ1) is 14.9. The van der Waals surface area contributed by atoms with E-state index < -0.39 is 10.0 Å². The van der Waals surface area contributed by atoms with Crippen LogP contribution in [-0.2, 0) is 16.4 Å². The van der Waals surface area contributed by atoms with Gasteiger partial charge in [-0.3, -0.25) is 4.98 Å². The Morgan fingerprint density at radius 3 is 2.58 bits per heavy atom. The predicted molar refractivity (Wildman–Crippen MR) is 142 cm³/mol. The molecule has 2 heterocycles. The van der Waals surface area contributed by atoms with E-state index >= 15 is 0 Å². The fourth-order valence-corrected chi connectivity index (χ4v) is 4.71. The van der Waals surface area contributed by atoms with E-state index in [1.807, 2.05) is 12.3 Å². The van der Waals surface area contributed by atoms with E-state index in [2.05, 4.69) is 39.7 Å². The summed E-state index contributed by atoms with van der Waals surface area (Å²) in [4.78, 5) is 6.97. The minimum absolute atomic E-state index is 0. The van der Waals surface area contributed by atoms with E-state index in [-0.39, 0.29) is 36.2 Å². The van der Waals surface area contributed by atoms with Crippen molar-refractivity contribution >= 4 is 45.7 Å². The number of hydrogen-bond acceptors (Lipinski definition) is 5. The zero-order valence-corrected chi connectivity index (χ0v) is 22.4. The van der Waals surface area contributed by atoms with Gasteiger partial charge in [0.15, 0.2) is 0 Å². The molecule has 0 radical (unpaired) electrons. The van der Waals surface area contributed by atoms with Gasteiger partial charge in [0.1, 0.15) is 17.4 Å². The largest absolute Gasteiger partial charge is 0.488 e. The molecule has 9 heteroatoms. The molecule has 6 nitrogen and oxygen atoms in total. The number of fused-ring (bicyclic) bond motifs is 1. The third kappa shape index (κ3) is 8.87. The Balaban J connectivity index is 0.00000272. The lowest BCUT2D eigenvalue weighted by atomic mass is 10.0. The summed E-state index contributed by atoms with van der Waals surface area (Å²) in [6.07, 6.45) is 8.23. The molecule has 1 aromatic carbocycles. The van der Waals surface area contributed by atoms with Gasteiger partial charge in [-0.05, 0) is 76.3 Å². The average Bonchev–Trinajstić information content (AvgIpc) is 2.76. The third-order valence-electron chi connectivity index (χ3n) is 5.95. The number of likely N-dealkylation sites (tertiary alicyclic amines) is 1. The second-order valence-electron chi connectivity index (χ2n) is 8.77. The van der Waals surface area contributed by atoms with Crippen molar-refractivity contribution in [1.82, 2.24) is 14.6 Å². The van der Waals surface area contributed by atoms with Crippen LogP contribution in [0.4, 0.5) is 0 Å². The number of aromatic nitrogens is 1. The topological polar surface area (TPSA) is 71.5 Å². The summed E-state index contributed by atoms with van der Waals surface area (Å²) < 4.78 is 32.8. The van der Waals surface area contributed by atoms with E-state index in [0.29, 0.717) is 6.54 Å². The summed E-state index contributed by atoms with van der Waals surface area (Å²) in [5.74, 6) is 0.908. The van der Waals surface area contributed by atoms with Gasteiger partial charge in [0.05, 0.1) is 5.25 Å².